The second kappa shape index (κ2) is 12.1. The van der Waals surface area contributed by atoms with Crippen molar-refractivity contribution < 1.29 is 31.5 Å². The van der Waals surface area contributed by atoms with Gasteiger partial charge in [0, 0.05) is 48.3 Å². The van der Waals surface area contributed by atoms with Crippen LogP contribution in [0, 0.1) is 17.6 Å². The maximum Gasteiger partial charge on any atom is 0.338 e. The Labute approximate surface area is 234 Å². The molecular formula is C25H27ClF2N4O5S2. The van der Waals surface area contributed by atoms with Crippen molar-refractivity contribution >= 4 is 44.8 Å². The monoisotopic (exact) mass is 600 g/mol. The van der Waals surface area contributed by atoms with Crippen LogP contribution in [0.25, 0.3) is 0 Å². The summed E-state index contributed by atoms with van der Waals surface area (Å²) in [5.74, 6) is -2.83. The van der Waals surface area contributed by atoms with E-state index < -0.39 is 38.7 Å². The Morgan fingerprint density at radius 1 is 1.26 bits per heavy atom. The molecule has 1 fully saturated rings. The summed E-state index contributed by atoms with van der Waals surface area (Å²) in [5, 5.41) is 4.97. The number of nitrogens with zero attached hydrogens (tertiary/aromatic N) is 3. The smallest absolute Gasteiger partial charge is 0.338 e. The van der Waals surface area contributed by atoms with Crippen molar-refractivity contribution in [2.45, 2.75) is 25.3 Å². The van der Waals surface area contributed by atoms with Gasteiger partial charge in [-0.25, -0.2) is 31.3 Å². The van der Waals surface area contributed by atoms with Gasteiger partial charge in [0.15, 0.2) is 22.5 Å². The van der Waals surface area contributed by atoms with E-state index in [4.69, 9.17) is 21.1 Å². The number of carbonyl (C=O) groups is 1. The topological polar surface area (TPSA) is 110 Å². The third-order valence-corrected chi connectivity index (χ3v) is 9.69. The van der Waals surface area contributed by atoms with Gasteiger partial charge in [-0.2, -0.15) is 0 Å². The highest BCUT2D eigenvalue weighted by Gasteiger charge is 2.39. The van der Waals surface area contributed by atoms with Crippen molar-refractivity contribution in [2.75, 3.05) is 33.1 Å². The summed E-state index contributed by atoms with van der Waals surface area (Å²) >= 11 is 7.50. The van der Waals surface area contributed by atoms with Crippen LogP contribution < -0.4 is 5.32 Å². The quantitative estimate of drug-likeness (QED) is 0.261. The largest absolute Gasteiger partial charge is 0.502 e. The molecule has 1 N–H and O–H groups in total. The fraction of sp³-hybridized carbons (Fsp3) is 0.400. The van der Waals surface area contributed by atoms with Gasteiger partial charge in [-0.15, -0.1) is 11.3 Å². The number of rotatable bonds is 9. The van der Waals surface area contributed by atoms with E-state index in [-0.39, 0.29) is 42.3 Å². The highest BCUT2D eigenvalue weighted by atomic mass is 35.5. The van der Waals surface area contributed by atoms with Crippen LogP contribution in [0.3, 0.4) is 0 Å². The van der Waals surface area contributed by atoms with Gasteiger partial charge >= 0.3 is 5.97 Å². The Balaban J connectivity index is 1.71. The van der Waals surface area contributed by atoms with Crippen LogP contribution in [0.1, 0.15) is 35.9 Å². The molecule has 2 aliphatic rings. The fourth-order valence-electron chi connectivity index (χ4n) is 4.54. The summed E-state index contributed by atoms with van der Waals surface area (Å²) in [6.45, 7) is 4.10. The Bertz CT molecular complexity index is 1420. The lowest BCUT2D eigenvalue weighted by Gasteiger charge is -2.36. The van der Waals surface area contributed by atoms with Gasteiger partial charge in [0.2, 0.25) is 10.0 Å². The van der Waals surface area contributed by atoms with Crippen LogP contribution in [0.5, 0.6) is 0 Å². The molecule has 0 spiro atoms. The SMILES string of the molecule is C=C(CCS(=O)(=O)N1CCC(C2=C(C(=O)OC)C(c3ccc(F)c(F)c3Cl)N=C(c3nccs3)N2)CC1)OC. The van der Waals surface area contributed by atoms with Crippen molar-refractivity contribution in [1.82, 2.24) is 14.6 Å². The number of halogens is 3. The van der Waals surface area contributed by atoms with E-state index in [9.17, 15) is 22.0 Å². The number of ether oxygens (including phenoxy) is 2. The normalized spacial score (nSPS) is 18.9. The van der Waals surface area contributed by atoms with Crippen molar-refractivity contribution in [3.8, 4) is 0 Å². The number of allylic oxidation sites excluding steroid dienone is 2. The molecule has 0 bridgehead atoms. The van der Waals surface area contributed by atoms with E-state index in [1.165, 1.54) is 35.9 Å². The Morgan fingerprint density at radius 2 is 1.97 bits per heavy atom. The number of nitrogens with one attached hydrogen (secondary N) is 1. The number of aromatic nitrogens is 1. The molecule has 0 amide bonds. The Kier molecular flexibility index (Phi) is 9.04. The molecule has 39 heavy (non-hydrogen) atoms. The molecule has 0 aliphatic carbocycles. The van der Waals surface area contributed by atoms with Gasteiger partial charge in [-0.3, -0.25) is 4.99 Å². The maximum atomic E-state index is 14.5. The van der Waals surface area contributed by atoms with E-state index in [0.717, 1.165) is 6.07 Å². The zero-order chi connectivity index (χ0) is 28.3. The minimum absolute atomic E-state index is 0.0856. The van der Waals surface area contributed by atoms with Gasteiger partial charge in [0.25, 0.3) is 0 Å². The molecule has 3 heterocycles. The highest BCUT2D eigenvalue weighted by Crippen LogP contribution is 2.41. The maximum absolute atomic E-state index is 14.5. The highest BCUT2D eigenvalue weighted by molar-refractivity contribution is 7.89. The number of esters is 1. The lowest BCUT2D eigenvalue weighted by Crippen LogP contribution is -2.43. The summed E-state index contributed by atoms with van der Waals surface area (Å²) in [6, 6.07) is 1.09. The summed E-state index contributed by atoms with van der Waals surface area (Å²) in [5.41, 5.74) is 0.628. The summed E-state index contributed by atoms with van der Waals surface area (Å²) in [6.07, 6.45) is 2.54. The molecule has 1 aromatic carbocycles. The first-order chi connectivity index (χ1) is 18.6. The van der Waals surface area contributed by atoms with Gasteiger partial charge in [0.1, 0.15) is 6.04 Å². The third kappa shape index (κ3) is 6.16. The van der Waals surface area contributed by atoms with Gasteiger partial charge in [-0.1, -0.05) is 24.2 Å². The molecule has 1 atom stereocenters. The number of sulfonamides is 1. The molecule has 1 aromatic heterocycles. The zero-order valence-corrected chi connectivity index (χ0v) is 23.6. The Morgan fingerprint density at radius 3 is 2.59 bits per heavy atom. The first-order valence-electron chi connectivity index (χ1n) is 12.0. The second-order valence-electron chi connectivity index (χ2n) is 8.91. The first kappa shape index (κ1) is 29.1. The van der Waals surface area contributed by atoms with E-state index in [1.807, 2.05) is 0 Å². The molecule has 0 radical (unpaired) electrons. The van der Waals surface area contributed by atoms with E-state index in [1.54, 1.807) is 11.6 Å². The summed E-state index contributed by atoms with van der Waals surface area (Å²) in [7, 11) is -0.907. The van der Waals surface area contributed by atoms with Crippen molar-refractivity contribution in [3.05, 3.63) is 74.5 Å². The van der Waals surface area contributed by atoms with Crippen molar-refractivity contribution in [2.24, 2.45) is 10.9 Å². The number of thiazole rings is 1. The van der Waals surface area contributed by atoms with E-state index in [2.05, 4.69) is 21.9 Å². The molecule has 4 rings (SSSR count). The standard InChI is InChI=1S/C25H27ClF2N4O5S2/c1-14(36-2)8-13-39(34,35)32-10-6-15(7-11-32)21-18(25(33)37-3)22(16-4-5-17(27)20(28)19(16)26)31-23(30-21)24-29-9-12-38-24/h4-5,9,12,15,22H,1,6-8,10-11,13H2,2-3H3,(H,30,31). The molecule has 0 saturated carbocycles. The molecule has 2 aliphatic heterocycles. The lowest BCUT2D eigenvalue weighted by molar-refractivity contribution is -0.136. The van der Waals surface area contributed by atoms with Crippen LogP contribution in [0.2, 0.25) is 5.02 Å². The minimum Gasteiger partial charge on any atom is -0.502 e. The Hall–Kier alpha value is -2.87. The van der Waals surface area contributed by atoms with Gasteiger partial charge in [-0.05, 0) is 18.9 Å². The van der Waals surface area contributed by atoms with Crippen LogP contribution in [-0.4, -0.2) is 62.6 Å². The number of piperidine rings is 1. The first-order valence-corrected chi connectivity index (χ1v) is 14.8. The van der Waals surface area contributed by atoms with Crippen LogP contribution in [-0.2, 0) is 24.3 Å². The third-order valence-electron chi connectivity index (χ3n) is 6.66. The van der Waals surface area contributed by atoms with Crippen LogP contribution in [0.4, 0.5) is 8.78 Å². The number of hydrogen-bond donors (Lipinski definition) is 1. The molecule has 14 heteroatoms. The fourth-order valence-corrected chi connectivity index (χ4v) is 6.90. The van der Waals surface area contributed by atoms with Crippen molar-refractivity contribution in [1.29, 1.82) is 0 Å². The number of amidine groups is 1. The minimum atomic E-state index is -3.55. The average Bonchev–Trinajstić information content (AvgIpc) is 3.49. The molecular weight excluding hydrogens is 574 g/mol. The van der Waals surface area contributed by atoms with Crippen molar-refractivity contribution in [3.63, 3.8) is 0 Å². The summed E-state index contributed by atoms with van der Waals surface area (Å²) in [4.78, 5) is 22.0. The lowest BCUT2D eigenvalue weighted by atomic mass is 9.86. The zero-order valence-electron chi connectivity index (χ0n) is 21.2. The number of hydrogen-bond acceptors (Lipinski definition) is 9. The van der Waals surface area contributed by atoms with E-state index >= 15 is 0 Å². The molecule has 1 saturated heterocycles. The van der Waals surface area contributed by atoms with Gasteiger partial charge < -0.3 is 14.8 Å². The van der Waals surface area contributed by atoms with E-state index in [0.29, 0.717) is 35.1 Å². The average molecular weight is 601 g/mol. The molecule has 2 aromatic rings. The predicted molar refractivity (Wildman–Crippen MR) is 144 cm³/mol. The number of carbonyl (C=O) groups excluding carboxylic acids is 1. The predicted octanol–water partition coefficient (Wildman–Crippen LogP) is 4.18. The number of methoxy groups -OCH3 is 2. The number of benzene rings is 1. The van der Waals surface area contributed by atoms with Crippen LogP contribution >= 0.6 is 22.9 Å². The number of aliphatic imine (C=N–C) groups is 1. The molecule has 210 valence electrons. The molecule has 9 nitrogen and oxygen atoms in total. The van der Waals surface area contributed by atoms with Crippen LogP contribution in [0.15, 0.2) is 52.3 Å². The summed E-state index contributed by atoms with van der Waals surface area (Å²) < 4.78 is 65.6. The molecule has 1 unspecified atom stereocenters. The van der Waals surface area contributed by atoms with Gasteiger partial charge in [0.05, 0.1) is 36.3 Å². The second-order valence-corrected chi connectivity index (χ2v) is 12.3.